The molecule has 0 saturated carbocycles. The van der Waals surface area contributed by atoms with Gasteiger partial charge in [-0.25, -0.2) is 4.79 Å². The van der Waals surface area contributed by atoms with Crippen molar-refractivity contribution in [3.63, 3.8) is 0 Å². The molecule has 1 atom stereocenters. The fourth-order valence-electron chi connectivity index (χ4n) is 4.55. The lowest BCUT2D eigenvalue weighted by Crippen LogP contribution is -2.40. The number of rotatable bonds is 7. The van der Waals surface area contributed by atoms with Gasteiger partial charge in [0.1, 0.15) is 0 Å². The van der Waals surface area contributed by atoms with Gasteiger partial charge in [0.15, 0.2) is 0 Å². The molecule has 4 nitrogen and oxygen atoms in total. The SMILES string of the molecule is CC1CCCCN1CCCN(Cc1ccc(Cl)cc1)C(=O)Nc1cccc2ccccc12. The van der Waals surface area contributed by atoms with Gasteiger partial charge in [-0.2, -0.15) is 0 Å². The second kappa shape index (κ2) is 10.8. The predicted molar refractivity (Wildman–Crippen MR) is 134 cm³/mol. The van der Waals surface area contributed by atoms with Gasteiger partial charge < -0.3 is 15.1 Å². The monoisotopic (exact) mass is 449 g/mol. The van der Waals surface area contributed by atoms with Crippen LogP contribution >= 0.6 is 11.6 Å². The zero-order valence-corrected chi connectivity index (χ0v) is 19.5. The van der Waals surface area contributed by atoms with Crippen molar-refractivity contribution < 1.29 is 4.79 Å². The Morgan fingerprint density at radius 2 is 1.84 bits per heavy atom. The van der Waals surface area contributed by atoms with Gasteiger partial charge in [-0.05, 0) is 61.9 Å². The van der Waals surface area contributed by atoms with Crippen LogP contribution in [-0.2, 0) is 6.54 Å². The Bertz CT molecular complexity index is 1030. The highest BCUT2D eigenvalue weighted by molar-refractivity contribution is 6.30. The van der Waals surface area contributed by atoms with Gasteiger partial charge in [-0.3, -0.25) is 0 Å². The summed E-state index contributed by atoms with van der Waals surface area (Å²) in [7, 11) is 0. The van der Waals surface area contributed by atoms with Crippen LogP contribution < -0.4 is 5.32 Å². The van der Waals surface area contributed by atoms with Crippen molar-refractivity contribution in [3.8, 4) is 0 Å². The van der Waals surface area contributed by atoms with E-state index < -0.39 is 0 Å². The number of fused-ring (bicyclic) bond motifs is 1. The quantitative estimate of drug-likeness (QED) is 0.431. The number of benzene rings is 3. The molecule has 0 aliphatic carbocycles. The number of likely N-dealkylation sites (tertiary alicyclic amines) is 1. The number of anilines is 1. The fourth-order valence-corrected chi connectivity index (χ4v) is 4.67. The lowest BCUT2D eigenvalue weighted by molar-refractivity contribution is 0.150. The highest BCUT2D eigenvalue weighted by Crippen LogP contribution is 2.24. The summed E-state index contributed by atoms with van der Waals surface area (Å²) in [6.45, 7) is 5.78. The first-order chi connectivity index (χ1) is 15.6. The molecule has 3 aromatic rings. The summed E-state index contributed by atoms with van der Waals surface area (Å²) in [5.41, 5.74) is 1.92. The Hall–Kier alpha value is -2.56. The summed E-state index contributed by atoms with van der Waals surface area (Å²) in [6, 6.07) is 22.5. The Morgan fingerprint density at radius 1 is 1.06 bits per heavy atom. The maximum atomic E-state index is 13.3. The Labute approximate surface area is 196 Å². The number of hydrogen-bond donors (Lipinski definition) is 1. The third-order valence-corrected chi connectivity index (χ3v) is 6.67. The Balaban J connectivity index is 1.46. The summed E-state index contributed by atoms with van der Waals surface area (Å²) >= 11 is 6.06. The molecule has 3 aromatic carbocycles. The van der Waals surface area contributed by atoms with Crippen LogP contribution in [0.3, 0.4) is 0 Å². The van der Waals surface area contributed by atoms with Gasteiger partial charge in [0.2, 0.25) is 0 Å². The molecule has 0 aromatic heterocycles. The highest BCUT2D eigenvalue weighted by Gasteiger charge is 2.20. The van der Waals surface area contributed by atoms with Crippen molar-refractivity contribution in [1.29, 1.82) is 0 Å². The largest absolute Gasteiger partial charge is 0.322 e. The molecule has 5 heteroatoms. The van der Waals surface area contributed by atoms with E-state index in [9.17, 15) is 4.79 Å². The second-order valence-electron chi connectivity index (χ2n) is 8.74. The van der Waals surface area contributed by atoms with E-state index in [4.69, 9.17) is 11.6 Å². The molecule has 32 heavy (non-hydrogen) atoms. The molecule has 1 fully saturated rings. The summed E-state index contributed by atoms with van der Waals surface area (Å²) in [5, 5.41) is 6.04. The van der Waals surface area contributed by atoms with Crippen molar-refractivity contribution in [1.82, 2.24) is 9.80 Å². The van der Waals surface area contributed by atoms with Crippen LogP contribution in [0.25, 0.3) is 10.8 Å². The molecule has 1 aliphatic heterocycles. The van der Waals surface area contributed by atoms with E-state index in [1.807, 2.05) is 59.5 Å². The average molecular weight is 450 g/mol. The van der Waals surface area contributed by atoms with Crippen molar-refractivity contribution >= 4 is 34.1 Å². The van der Waals surface area contributed by atoms with Crippen LogP contribution in [0.15, 0.2) is 66.7 Å². The van der Waals surface area contributed by atoms with Crippen LogP contribution in [0, 0.1) is 0 Å². The zero-order chi connectivity index (χ0) is 22.3. The van der Waals surface area contributed by atoms with E-state index in [0.29, 0.717) is 24.2 Å². The number of hydrogen-bond acceptors (Lipinski definition) is 2. The molecule has 1 saturated heterocycles. The van der Waals surface area contributed by atoms with E-state index in [0.717, 1.165) is 35.0 Å². The van der Waals surface area contributed by atoms with Crippen LogP contribution in [0.1, 0.15) is 38.2 Å². The van der Waals surface area contributed by atoms with E-state index >= 15 is 0 Å². The van der Waals surface area contributed by atoms with Gasteiger partial charge in [0, 0.05) is 36.1 Å². The van der Waals surface area contributed by atoms with E-state index in [-0.39, 0.29) is 6.03 Å². The molecule has 1 N–H and O–H groups in total. The van der Waals surface area contributed by atoms with E-state index in [1.54, 1.807) is 0 Å². The third-order valence-electron chi connectivity index (χ3n) is 6.42. The lowest BCUT2D eigenvalue weighted by atomic mass is 10.0. The first-order valence-electron chi connectivity index (χ1n) is 11.6. The van der Waals surface area contributed by atoms with E-state index in [2.05, 4.69) is 29.3 Å². The molecule has 0 radical (unpaired) electrons. The third kappa shape index (κ3) is 5.81. The molecule has 2 amide bonds. The lowest BCUT2D eigenvalue weighted by Gasteiger charge is -2.34. The average Bonchev–Trinajstić information content (AvgIpc) is 2.81. The number of urea groups is 1. The molecule has 168 valence electrons. The van der Waals surface area contributed by atoms with Gasteiger partial charge in [-0.15, -0.1) is 0 Å². The number of piperidine rings is 1. The minimum Gasteiger partial charge on any atom is -0.320 e. The number of carbonyl (C=O) groups is 1. The molecular weight excluding hydrogens is 418 g/mol. The standard InChI is InChI=1S/C27H32ClN3O/c1-21-8-4-5-17-30(21)18-7-19-31(20-22-13-15-24(28)16-14-22)27(32)29-26-12-6-10-23-9-2-3-11-25(23)26/h2-3,6,9-16,21H,4-5,7-8,17-20H2,1H3,(H,29,32). The molecule has 4 rings (SSSR count). The first kappa shape index (κ1) is 22.6. The van der Waals surface area contributed by atoms with Crippen molar-refractivity contribution in [3.05, 3.63) is 77.3 Å². The van der Waals surface area contributed by atoms with Crippen LogP contribution in [-0.4, -0.2) is 41.5 Å². The molecule has 0 bridgehead atoms. The minimum atomic E-state index is -0.0667. The van der Waals surface area contributed by atoms with Crippen molar-refractivity contribution in [2.45, 2.75) is 45.2 Å². The molecule has 0 spiro atoms. The number of nitrogens with one attached hydrogen (secondary N) is 1. The topological polar surface area (TPSA) is 35.6 Å². The van der Waals surface area contributed by atoms with Crippen LogP contribution in [0.4, 0.5) is 10.5 Å². The van der Waals surface area contributed by atoms with Gasteiger partial charge >= 0.3 is 6.03 Å². The highest BCUT2D eigenvalue weighted by atomic mass is 35.5. The number of amides is 2. The molecule has 1 aliphatic rings. The van der Waals surface area contributed by atoms with Crippen LogP contribution in [0.5, 0.6) is 0 Å². The number of carbonyl (C=O) groups excluding carboxylic acids is 1. The molecular formula is C27H32ClN3O. The second-order valence-corrected chi connectivity index (χ2v) is 9.18. The van der Waals surface area contributed by atoms with Crippen molar-refractivity contribution in [2.75, 3.05) is 25.0 Å². The summed E-state index contributed by atoms with van der Waals surface area (Å²) in [4.78, 5) is 17.8. The summed E-state index contributed by atoms with van der Waals surface area (Å²) in [6.07, 6.45) is 4.84. The predicted octanol–water partition coefficient (Wildman–Crippen LogP) is 6.79. The minimum absolute atomic E-state index is 0.0667. The van der Waals surface area contributed by atoms with Crippen molar-refractivity contribution in [2.24, 2.45) is 0 Å². The maximum absolute atomic E-state index is 13.3. The fraction of sp³-hybridized carbons (Fsp3) is 0.370. The summed E-state index contributed by atoms with van der Waals surface area (Å²) in [5.74, 6) is 0. The molecule has 1 unspecified atom stereocenters. The van der Waals surface area contributed by atoms with Gasteiger partial charge in [0.05, 0.1) is 5.69 Å². The Kier molecular flexibility index (Phi) is 7.67. The Morgan fingerprint density at radius 3 is 2.66 bits per heavy atom. The van der Waals surface area contributed by atoms with Gasteiger partial charge in [0.25, 0.3) is 0 Å². The van der Waals surface area contributed by atoms with E-state index in [1.165, 1.54) is 25.8 Å². The maximum Gasteiger partial charge on any atom is 0.322 e. The normalized spacial score (nSPS) is 16.8. The zero-order valence-electron chi connectivity index (χ0n) is 18.8. The summed E-state index contributed by atoms with van der Waals surface area (Å²) < 4.78 is 0. The van der Waals surface area contributed by atoms with Crippen LogP contribution in [0.2, 0.25) is 5.02 Å². The molecule has 1 heterocycles. The smallest absolute Gasteiger partial charge is 0.320 e. The first-order valence-corrected chi connectivity index (χ1v) is 12.0. The van der Waals surface area contributed by atoms with Gasteiger partial charge in [-0.1, -0.05) is 66.6 Å². The number of halogens is 1. The number of nitrogens with zero attached hydrogens (tertiary/aromatic N) is 2.